The molecule has 8 nitrogen and oxygen atoms in total. The minimum atomic E-state index is 0. The molecule has 1 radical (unpaired) electrons. The van der Waals surface area contributed by atoms with Gasteiger partial charge in [0.15, 0.2) is 0 Å². The molecule has 137 valence electrons. The van der Waals surface area contributed by atoms with Gasteiger partial charge >= 0.3 is 0 Å². The van der Waals surface area contributed by atoms with Gasteiger partial charge in [0.1, 0.15) is 17.9 Å². The Balaban J connectivity index is 0.00000113. The number of fused-ring (bicyclic) bond motifs is 2. The van der Waals surface area contributed by atoms with Crippen molar-refractivity contribution in [1.29, 1.82) is 0 Å². The van der Waals surface area contributed by atoms with Crippen molar-refractivity contribution >= 4 is 11.6 Å². The second kappa shape index (κ2) is 8.05. The first-order chi connectivity index (χ1) is 11.2. The first-order valence-electron chi connectivity index (χ1n) is 7.82. The molecule has 2 N–H and O–H groups in total. The van der Waals surface area contributed by atoms with E-state index in [1.165, 1.54) is 5.56 Å². The van der Waals surface area contributed by atoms with E-state index in [0.717, 1.165) is 43.4 Å². The predicted octanol–water partition coefficient (Wildman–Crippen LogP) is 1.75. The number of anilines is 1. The van der Waals surface area contributed by atoms with E-state index < -0.39 is 0 Å². The summed E-state index contributed by atoms with van der Waals surface area (Å²) in [4.78, 5) is 20.3. The number of nitrogens with zero attached hydrogens (tertiary/aromatic N) is 5. The third kappa shape index (κ3) is 3.90. The molecule has 2 aliphatic heterocycles. The van der Waals surface area contributed by atoms with E-state index in [1.54, 1.807) is 11.2 Å². The van der Waals surface area contributed by atoms with E-state index in [2.05, 4.69) is 27.1 Å². The van der Waals surface area contributed by atoms with Crippen molar-refractivity contribution in [2.24, 2.45) is 0 Å². The molecular formula is C16H21IrN6O2-. The molecule has 0 saturated carbocycles. The van der Waals surface area contributed by atoms with E-state index in [9.17, 15) is 4.79 Å². The van der Waals surface area contributed by atoms with Gasteiger partial charge in [0.2, 0.25) is 5.91 Å². The van der Waals surface area contributed by atoms with Gasteiger partial charge in [0.05, 0.1) is 31.8 Å². The van der Waals surface area contributed by atoms with Crippen LogP contribution in [0.15, 0.2) is 24.5 Å². The van der Waals surface area contributed by atoms with E-state index >= 15 is 0 Å². The molecule has 0 atom stereocenters. The summed E-state index contributed by atoms with van der Waals surface area (Å²) in [7, 11) is 1.81. The summed E-state index contributed by atoms with van der Waals surface area (Å²) in [6.45, 7) is 3.86. The Labute approximate surface area is 160 Å². The molecule has 1 amide bonds. The Morgan fingerprint density at radius 1 is 1.28 bits per heavy atom. The molecule has 0 spiro atoms. The van der Waals surface area contributed by atoms with Crippen molar-refractivity contribution in [3.8, 4) is 5.75 Å². The molecule has 0 fully saturated rings. The van der Waals surface area contributed by atoms with Crippen LogP contribution in [0.1, 0.15) is 17.8 Å². The van der Waals surface area contributed by atoms with E-state index in [1.807, 2.05) is 17.8 Å². The van der Waals surface area contributed by atoms with Crippen LogP contribution in [0.3, 0.4) is 0 Å². The minimum Gasteiger partial charge on any atom is -0.693 e. The second-order valence-electron chi connectivity index (χ2n) is 5.96. The van der Waals surface area contributed by atoms with E-state index in [0.29, 0.717) is 13.0 Å². The van der Waals surface area contributed by atoms with Crippen molar-refractivity contribution in [2.75, 3.05) is 25.1 Å². The smallest absolute Gasteiger partial charge is 0.230 e. The van der Waals surface area contributed by atoms with Crippen LogP contribution in [-0.2, 0) is 44.5 Å². The third-order valence-electron chi connectivity index (χ3n) is 4.43. The largest absolute Gasteiger partial charge is 0.693 e. The van der Waals surface area contributed by atoms with Crippen molar-refractivity contribution < 1.29 is 29.6 Å². The van der Waals surface area contributed by atoms with Gasteiger partial charge in [0, 0.05) is 40.2 Å². The molecule has 1 aromatic carbocycles. The Morgan fingerprint density at radius 3 is 2.96 bits per heavy atom. The number of benzene rings is 1. The topological polar surface area (TPSA) is 97.0 Å². The molecule has 0 aliphatic carbocycles. The fourth-order valence-electron chi connectivity index (χ4n) is 3.10. The average Bonchev–Trinajstić information content (AvgIpc) is 2.97. The first kappa shape index (κ1) is 19.5. The number of ether oxygens (including phenoxy) is 1. The molecule has 2 aromatic rings. The first-order valence-corrected chi connectivity index (χ1v) is 7.82. The molecule has 2 aliphatic rings. The zero-order valence-corrected chi connectivity index (χ0v) is 16.4. The van der Waals surface area contributed by atoms with Gasteiger partial charge in [-0.3, -0.25) is 9.69 Å². The van der Waals surface area contributed by atoms with Crippen LogP contribution < -0.4 is 9.64 Å². The molecule has 3 heterocycles. The maximum atomic E-state index is 12.0. The summed E-state index contributed by atoms with van der Waals surface area (Å²) in [5, 5.41) is 4.20. The summed E-state index contributed by atoms with van der Waals surface area (Å²) < 4.78 is 7.62. The third-order valence-corrected chi connectivity index (χ3v) is 4.43. The quantitative estimate of drug-likeness (QED) is 0.600. The molecule has 4 rings (SSSR count). The van der Waals surface area contributed by atoms with Gasteiger partial charge in [-0.2, -0.15) is 5.10 Å². The van der Waals surface area contributed by atoms with Crippen LogP contribution >= 0.6 is 0 Å². The summed E-state index contributed by atoms with van der Waals surface area (Å²) in [5.74, 6) is 1.87. The van der Waals surface area contributed by atoms with Crippen LogP contribution in [-0.4, -0.2) is 45.8 Å². The van der Waals surface area contributed by atoms with E-state index in [4.69, 9.17) is 4.74 Å². The van der Waals surface area contributed by atoms with Crippen LogP contribution in [0.25, 0.3) is 6.15 Å². The fraction of sp³-hybridized carbons (Fsp3) is 0.438. The average molecular weight is 522 g/mol. The van der Waals surface area contributed by atoms with Gasteiger partial charge in [-0.1, -0.05) is 6.07 Å². The maximum Gasteiger partial charge on any atom is 0.230 e. The van der Waals surface area contributed by atoms with Crippen LogP contribution in [0, 0.1) is 0 Å². The van der Waals surface area contributed by atoms with Crippen molar-refractivity contribution in [3.05, 3.63) is 42.1 Å². The zero-order valence-electron chi connectivity index (χ0n) is 14.0. The Bertz CT molecular complexity index is 750. The van der Waals surface area contributed by atoms with Gasteiger partial charge in [0.25, 0.3) is 0 Å². The SMILES string of the molecule is CN1C(=O)CCOc2ccc(CN3CCn4ncnc4C3)cc21.[Ir].[NH2-]. The Morgan fingerprint density at radius 2 is 2.12 bits per heavy atom. The normalized spacial score (nSPS) is 16.7. The van der Waals surface area contributed by atoms with Crippen molar-refractivity contribution in [1.82, 2.24) is 19.7 Å². The van der Waals surface area contributed by atoms with Gasteiger partial charge in [-0.15, -0.1) is 0 Å². The van der Waals surface area contributed by atoms with Gasteiger partial charge < -0.3 is 15.8 Å². The van der Waals surface area contributed by atoms with Crippen LogP contribution in [0.2, 0.25) is 0 Å². The summed E-state index contributed by atoms with van der Waals surface area (Å²) in [6.07, 6.45) is 2.03. The zero-order chi connectivity index (χ0) is 15.8. The maximum absolute atomic E-state index is 12.0. The number of hydrogen-bond donors (Lipinski definition) is 0. The number of carbonyl (C=O) groups is 1. The summed E-state index contributed by atoms with van der Waals surface area (Å²) in [6, 6.07) is 6.09. The molecule has 25 heavy (non-hydrogen) atoms. The molecule has 0 bridgehead atoms. The van der Waals surface area contributed by atoms with Crippen LogP contribution in [0.4, 0.5) is 5.69 Å². The second-order valence-corrected chi connectivity index (χ2v) is 5.96. The van der Waals surface area contributed by atoms with Crippen molar-refractivity contribution in [3.63, 3.8) is 0 Å². The number of aromatic nitrogens is 3. The molecule has 0 unspecified atom stereocenters. The number of rotatable bonds is 2. The molecule has 1 aromatic heterocycles. The van der Waals surface area contributed by atoms with Crippen molar-refractivity contribution in [2.45, 2.75) is 26.1 Å². The Kier molecular flexibility index (Phi) is 6.29. The molecule has 9 heteroatoms. The fourth-order valence-corrected chi connectivity index (χ4v) is 3.10. The number of hydrogen-bond acceptors (Lipinski definition) is 5. The van der Waals surface area contributed by atoms with Crippen LogP contribution in [0.5, 0.6) is 5.75 Å². The van der Waals surface area contributed by atoms with Gasteiger partial charge in [-0.05, 0) is 17.7 Å². The minimum absolute atomic E-state index is 0. The molecular weight excluding hydrogens is 500 g/mol. The Hall–Kier alpha value is -1.80. The number of nitrogens with two attached hydrogens (primary N) is 1. The summed E-state index contributed by atoms with van der Waals surface area (Å²) in [5.41, 5.74) is 2.02. The van der Waals surface area contributed by atoms with E-state index in [-0.39, 0.29) is 32.2 Å². The number of carbonyl (C=O) groups excluding carboxylic acids is 1. The predicted molar refractivity (Wildman–Crippen MR) is 89.4 cm³/mol. The summed E-state index contributed by atoms with van der Waals surface area (Å²) >= 11 is 0. The standard InChI is InChI=1S/C16H19N5O2.Ir.H2N/c1-19-13-8-12(2-3-14(13)23-7-4-16(19)22)9-20-5-6-21-15(10-20)17-11-18-21;;/h2-3,8,11H,4-7,9-10H2,1H3;;1H2/q;;-1. The monoisotopic (exact) mass is 522 g/mol. The number of amides is 1. The molecule has 0 saturated heterocycles. The van der Waals surface area contributed by atoms with Gasteiger partial charge in [-0.25, -0.2) is 9.67 Å².